The number of carboxylic acid groups (broad SMARTS) is 1. The highest BCUT2D eigenvalue weighted by Gasteiger charge is 2.18. The molecular formula is C13H24N4O2S. The molecule has 6 nitrogen and oxygen atoms in total. The van der Waals surface area contributed by atoms with Gasteiger partial charge in [0.25, 0.3) is 0 Å². The molecule has 0 saturated carbocycles. The van der Waals surface area contributed by atoms with Crippen LogP contribution in [0.15, 0.2) is 5.16 Å². The maximum atomic E-state index is 10.7. The van der Waals surface area contributed by atoms with Crippen molar-refractivity contribution in [1.29, 1.82) is 0 Å². The van der Waals surface area contributed by atoms with Gasteiger partial charge in [0.2, 0.25) is 5.95 Å². The van der Waals surface area contributed by atoms with Crippen LogP contribution in [-0.2, 0) is 4.79 Å². The van der Waals surface area contributed by atoms with E-state index in [9.17, 15) is 4.79 Å². The third kappa shape index (κ3) is 4.70. The van der Waals surface area contributed by atoms with Gasteiger partial charge in [0, 0.05) is 19.6 Å². The maximum absolute atomic E-state index is 10.7. The Kier molecular flexibility index (Phi) is 6.84. The first-order chi connectivity index (χ1) is 9.47. The van der Waals surface area contributed by atoms with Gasteiger partial charge >= 0.3 is 5.97 Å². The van der Waals surface area contributed by atoms with Crippen molar-refractivity contribution >= 4 is 23.7 Å². The van der Waals surface area contributed by atoms with Crippen LogP contribution in [0.3, 0.4) is 0 Å². The van der Waals surface area contributed by atoms with Crippen molar-refractivity contribution in [3.8, 4) is 0 Å². The number of hydrogen-bond donors (Lipinski definition) is 1. The van der Waals surface area contributed by atoms with E-state index in [2.05, 4.69) is 35.9 Å². The smallest absolute Gasteiger partial charge is 0.313 e. The number of unbranched alkanes of at least 4 members (excludes halogenated alkanes) is 2. The first-order valence-electron chi connectivity index (χ1n) is 6.98. The largest absolute Gasteiger partial charge is 0.481 e. The Morgan fingerprint density at radius 3 is 2.65 bits per heavy atom. The summed E-state index contributed by atoms with van der Waals surface area (Å²) in [6.07, 6.45) is 3.50. The van der Waals surface area contributed by atoms with E-state index >= 15 is 0 Å². The second-order valence-electron chi connectivity index (χ2n) is 5.06. The van der Waals surface area contributed by atoms with E-state index in [4.69, 9.17) is 5.11 Å². The molecule has 0 radical (unpaired) electrons. The molecule has 1 aromatic heterocycles. The Hall–Kier alpha value is -1.24. The molecule has 0 bridgehead atoms. The lowest BCUT2D eigenvalue weighted by atomic mass is 10.2. The van der Waals surface area contributed by atoms with Crippen LogP contribution >= 0.6 is 11.8 Å². The molecule has 0 aliphatic rings. The molecule has 7 heteroatoms. The first kappa shape index (κ1) is 16.8. The van der Waals surface area contributed by atoms with Gasteiger partial charge in [-0.1, -0.05) is 31.5 Å². The highest BCUT2D eigenvalue weighted by atomic mass is 32.2. The summed E-state index contributed by atoms with van der Waals surface area (Å²) < 4.78 is 2.00. The van der Waals surface area contributed by atoms with Crippen LogP contribution in [0.4, 0.5) is 5.95 Å². The highest BCUT2D eigenvalue weighted by molar-refractivity contribution is 7.99. The molecule has 0 aromatic carbocycles. The third-order valence-electron chi connectivity index (χ3n) is 2.93. The monoisotopic (exact) mass is 300 g/mol. The molecular weight excluding hydrogens is 276 g/mol. The molecule has 0 amide bonds. The van der Waals surface area contributed by atoms with Crippen LogP contribution in [0.5, 0.6) is 0 Å². The van der Waals surface area contributed by atoms with Crippen LogP contribution < -0.4 is 4.90 Å². The van der Waals surface area contributed by atoms with Gasteiger partial charge < -0.3 is 10.0 Å². The van der Waals surface area contributed by atoms with Gasteiger partial charge in [-0.2, -0.15) is 0 Å². The van der Waals surface area contributed by atoms with Gasteiger partial charge in [0.1, 0.15) is 0 Å². The summed E-state index contributed by atoms with van der Waals surface area (Å²) in [4.78, 5) is 12.8. The molecule has 0 unspecified atom stereocenters. The second kappa shape index (κ2) is 8.14. The van der Waals surface area contributed by atoms with Crippen molar-refractivity contribution in [1.82, 2.24) is 14.8 Å². The average Bonchev–Trinajstić information content (AvgIpc) is 2.80. The van der Waals surface area contributed by atoms with Gasteiger partial charge in [-0.05, 0) is 20.3 Å². The molecule has 1 heterocycles. The number of aliphatic carboxylic acids is 1. The van der Waals surface area contributed by atoms with Crippen molar-refractivity contribution < 1.29 is 9.90 Å². The van der Waals surface area contributed by atoms with E-state index in [1.54, 1.807) is 0 Å². The van der Waals surface area contributed by atoms with E-state index in [0.717, 1.165) is 18.9 Å². The van der Waals surface area contributed by atoms with Crippen molar-refractivity contribution in [3.63, 3.8) is 0 Å². The summed E-state index contributed by atoms with van der Waals surface area (Å²) in [5.41, 5.74) is 0. The number of hydrogen-bond acceptors (Lipinski definition) is 5. The molecule has 0 aliphatic carbocycles. The summed E-state index contributed by atoms with van der Waals surface area (Å²) in [5.74, 6) is -0.0279. The fourth-order valence-corrected chi connectivity index (χ4v) is 2.69. The topological polar surface area (TPSA) is 71.2 Å². The predicted octanol–water partition coefficient (Wildman–Crippen LogP) is 2.66. The Bertz CT molecular complexity index is 434. The molecule has 0 saturated heterocycles. The fourth-order valence-electron chi connectivity index (χ4n) is 1.91. The van der Waals surface area contributed by atoms with Crippen molar-refractivity contribution in [2.45, 2.75) is 51.2 Å². The summed E-state index contributed by atoms with van der Waals surface area (Å²) >= 11 is 1.21. The summed E-state index contributed by atoms with van der Waals surface area (Å²) in [5, 5.41) is 17.8. The highest BCUT2D eigenvalue weighted by Crippen LogP contribution is 2.25. The van der Waals surface area contributed by atoms with Crippen molar-refractivity contribution in [3.05, 3.63) is 0 Å². The Labute approximate surface area is 124 Å². The molecule has 1 N–H and O–H groups in total. The van der Waals surface area contributed by atoms with E-state index in [1.165, 1.54) is 24.6 Å². The predicted molar refractivity (Wildman–Crippen MR) is 81.6 cm³/mol. The molecule has 1 aromatic rings. The molecule has 0 spiro atoms. The molecule has 20 heavy (non-hydrogen) atoms. The van der Waals surface area contributed by atoms with Gasteiger partial charge in [0.15, 0.2) is 5.16 Å². The number of carboxylic acids is 1. The van der Waals surface area contributed by atoms with Crippen molar-refractivity contribution in [2.24, 2.45) is 0 Å². The molecule has 0 fully saturated rings. The number of anilines is 1. The quantitative estimate of drug-likeness (QED) is 0.558. The van der Waals surface area contributed by atoms with Crippen molar-refractivity contribution in [2.75, 3.05) is 24.2 Å². The summed E-state index contributed by atoms with van der Waals surface area (Å²) in [7, 11) is 2.00. The first-order valence-corrected chi connectivity index (χ1v) is 7.96. The van der Waals surface area contributed by atoms with E-state index in [1.807, 2.05) is 11.6 Å². The van der Waals surface area contributed by atoms with Crippen LogP contribution in [0.2, 0.25) is 0 Å². The lowest BCUT2D eigenvalue weighted by Gasteiger charge is -2.21. The zero-order valence-electron chi connectivity index (χ0n) is 12.7. The van der Waals surface area contributed by atoms with Gasteiger partial charge in [-0.25, -0.2) is 0 Å². The van der Waals surface area contributed by atoms with E-state index < -0.39 is 5.97 Å². The second-order valence-corrected chi connectivity index (χ2v) is 6.00. The summed E-state index contributed by atoms with van der Waals surface area (Å²) in [6, 6.07) is 0.199. The lowest BCUT2D eigenvalue weighted by molar-refractivity contribution is -0.133. The molecule has 1 rings (SSSR count). The van der Waals surface area contributed by atoms with Crippen LogP contribution in [0.25, 0.3) is 0 Å². The summed E-state index contributed by atoms with van der Waals surface area (Å²) in [6.45, 7) is 7.22. The molecule has 0 atom stereocenters. The molecule has 114 valence electrons. The Morgan fingerprint density at radius 1 is 1.40 bits per heavy atom. The maximum Gasteiger partial charge on any atom is 0.313 e. The lowest BCUT2D eigenvalue weighted by Crippen LogP contribution is -2.23. The minimum absolute atomic E-state index is 0.00437. The normalized spacial score (nSPS) is 11.1. The van der Waals surface area contributed by atoms with Crippen LogP contribution in [0.1, 0.15) is 46.1 Å². The van der Waals surface area contributed by atoms with Gasteiger partial charge in [-0.15, -0.1) is 10.2 Å². The van der Waals surface area contributed by atoms with Gasteiger partial charge in [0.05, 0.1) is 5.75 Å². The standard InChI is InChI=1S/C13H24N4O2S/c1-5-6-7-8-16(4)12-14-15-13(17(12)10(2)3)20-9-11(18)19/h10H,5-9H2,1-4H3,(H,18,19). The number of carbonyl (C=O) groups is 1. The number of rotatable bonds is 9. The number of nitrogens with zero attached hydrogens (tertiary/aromatic N) is 4. The number of thioether (sulfide) groups is 1. The Morgan fingerprint density at radius 2 is 2.10 bits per heavy atom. The van der Waals surface area contributed by atoms with Gasteiger partial charge in [-0.3, -0.25) is 9.36 Å². The number of aromatic nitrogens is 3. The van der Waals surface area contributed by atoms with Crippen LogP contribution in [0, 0.1) is 0 Å². The zero-order valence-corrected chi connectivity index (χ0v) is 13.5. The molecule has 0 aliphatic heterocycles. The SMILES string of the molecule is CCCCCN(C)c1nnc(SCC(=O)O)n1C(C)C. The van der Waals surface area contributed by atoms with Crippen LogP contribution in [-0.4, -0.2) is 45.2 Å². The third-order valence-corrected chi connectivity index (χ3v) is 3.85. The van der Waals surface area contributed by atoms with E-state index in [-0.39, 0.29) is 11.8 Å². The van der Waals surface area contributed by atoms with E-state index in [0.29, 0.717) is 5.16 Å². The average molecular weight is 300 g/mol. The zero-order chi connectivity index (χ0) is 15.1. The fraction of sp³-hybridized carbons (Fsp3) is 0.769. The Balaban J connectivity index is 2.82. The minimum Gasteiger partial charge on any atom is -0.481 e. The minimum atomic E-state index is -0.842.